The zero-order valence-electron chi connectivity index (χ0n) is 10.5. The van der Waals surface area contributed by atoms with E-state index in [1.54, 1.807) is 23.9 Å². The molecule has 98 valence electrons. The number of imide groups is 1. The molecule has 2 atom stereocenters. The Bertz CT molecular complexity index is 547. The van der Waals surface area contributed by atoms with E-state index in [-0.39, 0.29) is 36.0 Å². The minimum absolute atomic E-state index is 0.122. The van der Waals surface area contributed by atoms with Crippen molar-refractivity contribution in [2.75, 3.05) is 12.8 Å². The standard InChI is InChI=1S/C14H13NO3S/c1-19-9-4-2-8(3-5-9)12(16)7-15-13(17)10-6-11(10)14(15)18/h2-5,10-11H,6-7H2,1H3. The molecular weight excluding hydrogens is 262 g/mol. The van der Waals surface area contributed by atoms with Gasteiger partial charge in [0.15, 0.2) is 5.78 Å². The number of Topliss-reactive ketones (excluding diaryl/α,β-unsaturated/α-hetero) is 1. The quantitative estimate of drug-likeness (QED) is 0.476. The van der Waals surface area contributed by atoms with E-state index >= 15 is 0 Å². The first-order valence-corrected chi connectivity index (χ1v) is 7.37. The molecule has 2 unspecified atom stereocenters. The minimum Gasteiger partial charge on any atom is -0.292 e. The molecule has 4 nitrogen and oxygen atoms in total. The Balaban J connectivity index is 1.71. The molecule has 5 heteroatoms. The Morgan fingerprint density at radius 2 is 1.79 bits per heavy atom. The first-order chi connectivity index (χ1) is 9.11. The Morgan fingerprint density at radius 1 is 1.21 bits per heavy atom. The van der Waals surface area contributed by atoms with Gasteiger partial charge < -0.3 is 0 Å². The van der Waals surface area contributed by atoms with Gasteiger partial charge in [-0.1, -0.05) is 12.1 Å². The van der Waals surface area contributed by atoms with Crippen LogP contribution in [0.2, 0.25) is 0 Å². The van der Waals surface area contributed by atoms with Crippen molar-refractivity contribution in [3.05, 3.63) is 29.8 Å². The van der Waals surface area contributed by atoms with Crippen LogP contribution in [0.15, 0.2) is 29.2 Å². The van der Waals surface area contributed by atoms with Crippen LogP contribution in [0.25, 0.3) is 0 Å². The predicted molar refractivity (Wildman–Crippen MR) is 70.9 cm³/mol. The van der Waals surface area contributed by atoms with Crippen LogP contribution >= 0.6 is 11.8 Å². The number of ketones is 1. The van der Waals surface area contributed by atoms with Crippen molar-refractivity contribution in [3.63, 3.8) is 0 Å². The van der Waals surface area contributed by atoms with Crippen molar-refractivity contribution in [1.29, 1.82) is 0 Å². The van der Waals surface area contributed by atoms with Gasteiger partial charge in [-0.25, -0.2) is 0 Å². The Kier molecular flexibility index (Phi) is 2.93. The Morgan fingerprint density at radius 3 is 2.32 bits per heavy atom. The van der Waals surface area contributed by atoms with E-state index in [1.165, 1.54) is 0 Å². The average Bonchev–Trinajstić information content (AvgIpc) is 3.19. The lowest BCUT2D eigenvalue weighted by Gasteiger charge is -2.15. The molecule has 2 fully saturated rings. The van der Waals surface area contributed by atoms with Crippen molar-refractivity contribution < 1.29 is 14.4 Å². The molecule has 0 N–H and O–H groups in total. The number of carbonyl (C=O) groups is 3. The SMILES string of the molecule is CSc1ccc(C(=O)CN2C(=O)C3CC3C2=O)cc1. The molecule has 1 aliphatic heterocycles. The molecule has 1 aliphatic carbocycles. The molecule has 1 aromatic carbocycles. The zero-order valence-corrected chi connectivity index (χ0v) is 11.3. The first kappa shape index (κ1) is 12.4. The molecule has 1 saturated carbocycles. The molecule has 0 spiro atoms. The van der Waals surface area contributed by atoms with Crippen molar-refractivity contribution in [2.45, 2.75) is 11.3 Å². The number of piperidine rings is 1. The van der Waals surface area contributed by atoms with Crippen LogP contribution in [0.3, 0.4) is 0 Å². The van der Waals surface area contributed by atoms with Gasteiger partial charge in [-0.05, 0) is 24.8 Å². The minimum atomic E-state index is -0.185. The molecule has 3 rings (SSSR count). The molecule has 0 radical (unpaired) electrons. The van der Waals surface area contributed by atoms with Crippen LogP contribution in [-0.4, -0.2) is 35.3 Å². The van der Waals surface area contributed by atoms with Gasteiger partial charge in [0.05, 0.1) is 18.4 Å². The second-order valence-corrected chi connectivity index (χ2v) is 5.74. The van der Waals surface area contributed by atoms with Crippen LogP contribution < -0.4 is 0 Å². The van der Waals surface area contributed by atoms with Gasteiger partial charge in [0.1, 0.15) is 0 Å². The third kappa shape index (κ3) is 2.08. The van der Waals surface area contributed by atoms with Gasteiger partial charge in [0, 0.05) is 10.5 Å². The van der Waals surface area contributed by atoms with E-state index in [0.29, 0.717) is 12.0 Å². The normalized spacial score (nSPS) is 24.6. The highest BCUT2D eigenvalue weighted by atomic mass is 32.2. The molecular formula is C14H13NO3S. The van der Waals surface area contributed by atoms with Crippen molar-refractivity contribution in [1.82, 2.24) is 4.90 Å². The molecule has 2 amide bonds. The number of nitrogens with zero attached hydrogens (tertiary/aromatic N) is 1. The maximum absolute atomic E-state index is 12.1. The number of likely N-dealkylation sites (tertiary alicyclic amines) is 1. The summed E-state index contributed by atoms with van der Waals surface area (Å²) in [6.45, 7) is -0.122. The molecule has 19 heavy (non-hydrogen) atoms. The van der Waals surface area contributed by atoms with Gasteiger partial charge in [0.25, 0.3) is 0 Å². The number of hydrogen-bond acceptors (Lipinski definition) is 4. The fraction of sp³-hybridized carbons (Fsp3) is 0.357. The Hall–Kier alpha value is -1.62. The largest absolute Gasteiger partial charge is 0.292 e. The van der Waals surface area contributed by atoms with Crippen molar-refractivity contribution >= 4 is 29.4 Å². The lowest BCUT2D eigenvalue weighted by atomic mass is 10.1. The highest BCUT2D eigenvalue weighted by molar-refractivity contribution is 7.98. The molecule has 1 heterocycles. The summed E-state index contributed by atoms with van der Waals surface area (Å²) >= 11 is 1.60. The maximum atomic E-state index is 12.1. The summed E-state index contributed by atoms with van der Waals surface area (Å²) < 4.78 is 0. The number of fused-ring (bicyclic) bond motifs is 1. The Labute approximate surface area is 115 Å². The second-order valence-electron chi connectivity index (χ2n) is 4.86. The van der Waals surface area contributed by atoms with E-state index < -0.39 is 0 Å². The summed E-state index contributed by atoms with van der Waals surface area (Å²) in [5.41, 5.74) is 0.541. The van der Waals surface area contributed by atoms with Crippen LogP contribution in [0.4, 0.5) is 0 Å². The molecule has 1 aromatic rings. The lowest BCUT2D eigenvalue weighted by Crippen LogP contribution is -2.37. The number of rotatable bonds is 4. The summed E-state index contributed by atoms with van der Waals surface area (Å²) in [4.78, 5) is 37.8. The van der Waals surface area contributed by atoms with Crippen LogP contribution in [-0.2, 0) is 9.59 Å². The second kappa shape index (κ2) is 4.49. The van der Waals surface area contributed by atoms with Gasteiger partial charge in [-0.3, -0.25) is 19.3 Å². The highest BCUT2D eigenvalue weighted by Gasteiger charge is 2.58. The van der Waals surface area contributed by atoms with Gasteiger partial charge in [0.2, 0.25) is 11.8 Å². The number of carbonyl (C=O) groups excluding carboxylic acids is 3. The monoisotopic (exact) mass is 275 g/mol. The van der Waals surface area contributed by atoms with Gasteiger partial charge >= 0.3 is 0 Å². The van der Waals surface area contributed by atoms with Gasteiger partial charge in [-0.2, -0.15) is 0 Å². The van der Waals surface area contributed by atoms with Crippen LogP contribution in [0, 0.1) is 11.8 Å². The molecule has 2 aliphatic rings. The first-order valence-electron chi connectivity index (χ1n) is 6.14. The van der Waals surface area contributed by atoms with Crippen LogP contribution in [0.1, 0.15) is 16.8 Å². The molecule has 1 saturated heterocycles. The van der Waals surface area contributed by atoms with E-state index in [4.69, 9.17) is 0 Å². The molecule has 0 aromatic heterocycles. The lowest BCUT2D eigenvalue weighted by molar-refractivity contribution is -0.140. The topological polar surface area (TPSA) is 54.5 Å². The van der Waals surface area contributed by atoms with Crippen LogP contribution in [0.5, 0.6) is 0 Å². The van der Waals surface area contributed by atoms with E-state index in [2.05, 4.69) is 0 Å². The fourth-order valence-corrected chi connectivity index (χ4v) is 2.83. The summed E-state index contributed by atoms with van der Waals surface area (Å²) in [6.07, 6.45) is 2.63. The van der Waals surface area contributed by atoms with E-state index in [0.717, 1.165) is 9.80 Å². The number of benzene rings is 1. The smallest absolute Gasteiger partial charge is 0.233 e. The number of hydrogen-bond donors (Lipinski definition) is 0. The number of amides is 2. The summed E-state index contributed by atoms with van der Waals surface area (Å²) in [7, 11) is 0. The van der Waals surface area contributed by atoms with E-state index in [1.807, 2.05) is 18.4 Å². The molecule has 0 bridgehead atoms. The maximum Gasteiger partial charge on any atom is 0.233 e. The summed E-state index contributed by atoms with van der Waals surface area (Å²) in [5, 5.41) is 0. The van der Waals surface area contributed by atoms with Gasteiger partial charge in [-0.15, -0.1) is 11.8 Å². The summed E-state index contributed by atoms with van der Waals surface area (Å²) in [5.74, 6) is -0.817. The zero-order chi connectivity index (χ0) is 13.6. The highest BCUT2D eigenvalue weighted by Crippen LogP contribution is 2.46. The summed E-state index contributed by atoms with van der Waals surface area (Å²) in [6, 6.07) is 7.20. The fourth-order valence-electron chi connectivity index (χ4n) is 2.42. The van der Waals surface area contributed by atoms with E-state index in [9.17, 15) is 14.4 Å². The third-order valence-electron chi connectivity index (χ3n) is 3.67. The third-order valence-corrected chi connectivity index (χ3v) is 4.41. The predicted octanol–water partition coefficient (Wildman–Crippen LogP) is 1.60. The average molecular weight is 275 g/mol. The van der Waals surface area contributed by atoms with Crippen molar-refractivity contribution in [3.8, 4) is 0 Å². The number of thioether (sulfide) groups is 1. The van der Waals surface area contributed by atoms with Crippen molar-refractivity contribution in [2.24, 2.45) is 11.8 Å².